The van der Waals surface area contributed by atoms with E-state index in [-0.39, 0.29) is 12.2 Å². The van der Waals surface area contributed by atoms with E-state index >= 15 is 0 Å². The number of hydrogen-bond acceptors (Lipinski definition) is 3. The second-order valence-electron chi connectivity index (χ2n) is 5.10. The van der Waals surface area contributed by atoms with Gasteiger partial charge in [-0.2, -0.15) is 0 Å². The molecule has 0 amide bonds. The summed E-state index contributed by atoms with van der Waals surface area (Å²) < 4.78 is 5.23. The number of carboxylic acid groups (broad SMARTS) is 1. The van der Waals surface area contributed by atoms with E-state index in [1.165, 1.54) is 7.11 Å². The zero-order valence-electron chi connectivity index (χ0n) is 10.9. The van der Waals surface area contributed by atoms with Crippen LogP contribution in [-0.2, 0) is 10.2 Å². The molecule has 1 fully saturated rings. The van der Waals surface area contributed by atoms with Crippen LogP contribution in [0.3, 0.4) is 0 Å². The third kappa shape index (κ3) is 1.92. The first-order chi connectivity index (χ1) is 8.41. The number of aliphatic carboxylic acids is 1. The Morgan fingerprint density at radius 2 is 2.06 bits per heavy atom. The number of phenols is 1. The Balaban J connectivity index is 2.52. The smallest absolute Gasteiger partial charge is 0.304 e. The van der Waals surface area contributed by atoms with Crippen molar-refractivity contribution in [2.45, 2.75) is 38.5 Å². The van der Waals surface area contributed by atoms with E-state index in [9.17, 15) is 9.90 Å². The van der Waals surface area contributed by atoms with Crippen LogP contribution in [0.1, 0.15) is 36.0 Å². The van der Waals surface area contributed by atoms with Crippen LogP contribution in [0.5, 0.6) is 11.5 Å². The third-order valence-electron chi connectivity index (χ3n) is 3.88. The molecule has 1 aromatic rings. The number of benzene rings is 1. The third-order valence-corrected chi connectivity index (χ3v) is 3.88. The monoisotopic (exact) mass is 250 g/mol. The molecule has 98 valence electrons. The molecule has 0 bridgehead atoms. The summed E-state index contributed by atoms with van der Waals surface area (Å²) in [6.07, 6.45) is 1.67. The lowest BCUT2D eigenvalue weighted by molar-refractivity contribution is -0.137. The molecule has 4 nitrogen and oxygen atoms in total. The number of methoxy groups -OCH3 is 1. The fourth-order valence-corrected chi connectivity index (χ4v) is 2.51. The summed E-state index contributed by atoms with van der Waals surface area (Å²) >= 11 is 0. The van der Waals surface area contributed by atoms with E-state index in [1.807, 2.05) is 19.9 Å². The first-order valence-electron chi connectivity index (χ1n) is 6.01. The van der Waals surface area contributed by atoms with Crippen LogP contribution >= 0.6 is 0 Å². The molecule has 0 aromatic heterocycles. The summed E-state index contributed by atoms with van der Waals surface area (Å²) in [5.74, 6) is -0.273. The molecule has 0 aliphatic heterocycles. The van der Waals surface area contributed by atoms with E-state index in [1.54, 1.807) is 0 Å². The number of ether oxygens (including phenoxy) is 1. The lowest BCUT2D eigenvalue weighted by Gasteiger charge is -2.19. The molecule has 1 aliphatic carbocycles. The second-order valence-corrected chi connectivity index (χ2v) is 5.10. The van der Waals surface area contributed by atoms with Gasteiger partial charge in [-0.3, -0.25) is 4.79 Å². The topological polar surface area (TPSA) is 66.8 Å². The molecule has 18 heavy (non-hydrogen) atoms. The molecule has 0 spiro atoms. The van der Waals surface area contributed by atoms with Crippen LogP contribution in [0, 0.1) is 13.8 Å². The quantitative estimate of drug-likeness (QED) is 0.861. The lowest BCUT2D eigenvalue weighted by Crippen LogP contribution is -2.14. The van der Waals surface area contributed by atoms with Gasteiger partial charge in [-0.15, -0.1) is 0 Å². The van der Waals surface area contributed by atoms with Crippen LogP contribution in [0.2, 0.25) is 0 Å². The normalized spacial score (nSPS) is 16.4. The van der Waals surface area contributed by atoms with E-state index in [2.05, 4.69) is 0 Å². The van der Waals surface area contributed by atoms with Crippen molar-refractivity contribution in [2.75, 3.05) is 7.11 Å². The molecule has 2 rings (SSSR count). The first kappa shape index (κ1) is 12.7. The average Bonchev–Trinajstić information content (AvgIpc) is 3.04. The number of hydrogen-bond donors (Lipinski definition) is 2. The number of rotatable bonds is 4. The minimum atomic E-state index is -0.830. The van der Waals surface area contributed by atoms with E-state index < -0.39 is 11.4 Å². The maximum Gasteiger partial charge on any atom is 0.304 e. The molecule has 4 heteroatoms. The van der Waals surface area contributed by atoms with Gasteiger partial charge in [0.1, 0.15) is 0 Å². The Bertz CT molecular complexity index is 501. The van der Waals surface area contributed by atoms with Gasteiger partial charge in [0.2, 0.25) is 0 Å². The van der Waals surface area contributed by atoms with E-state index in [0.29, 0.717) is 11.3 Å². The van der Waals surface area contributed by atoms with E-state index in [4.69, 9.17) is 9.84 Å². The summed E-state index contributed by atoms with van der Waals surface area (Å²) in [4.78, 5) is 10.9. The molecule has 0 saturated heterocycles. The molecule has 1 saturated carbocycles. The summed E-state index contributed by atoms with van der Waals surface area (Å²) in [5.41, 5.74) is 2.22. The molecule has 0 atom stereocenters. The average molecular weight is 250 g/mol. The van der Waals surface area contributed by atoms with Gasteiger partial charge in [-0.1, -0.05) is 6.07 Å². The fraction of sp³-hybridized carbons (Fsp3) is 0.500. The number of carboxylic acids is 1. The van der Waals surface area contributed by atoms with Crippen molar-refractivity contribution in [3.05, 3.63) is 22.8 Å². The highest BCUT2D eigenvalue weighted by Gasteiger charge is 2.48. The van der Waals surface area contributed by atoms with Crippen molar-refractivity contribution in [2.24, 2.45) is 0 Å². The van der Waals surface area contributed by atoms with Crippen molar-refractivity contribution in [1.82, 2.24) is 0 Å². The highest BCUT2D eigenvalue weighted by Crippen LogP contribution is 2.56. The highest BCUT2D eigenvalue weighted by atomic mass is 16.5. The zero-order chi connectivity index (χ0) is 13.5. The van der Waals surface area contributed by atoms with Crippen molar-refractivity contribution in [1.29, 1.82) is 0 Å². The van der Waals surface area contributed by atoms with Gasteiger partial charge >= 0.3 is 5.97 Å². The second kappa shape index (κ2) is 4.19. The zero-order valence-corrected chi connectivity index (χ0v) is 10.9. The number of aryl methyl sites for hydroxylation is 1. The molecule has 1 aromatic carbocycles. The molecular formula is C14H18O4. The van der Waals surface area contributed by atoms with Gasteiger partial charge in [0.15, 0.2) is 11.5 Å². The Morgan fingerprint density at radius 3 is 2.50 bits per heavy atom. The Labute approximate surface area is 106 Å². The van der Waals surface area contributed by atoms with Crippen molar-refractivity contribution in [3.63, 3.8) is 0 Å². The fourth-order valence-electron chi connectivity index (χ4n) is 2.51. The van der Waals surface area contributed by atoms with Gasteiger partial charge in [-0.05, 0) is 37.8 Å². The summed E-state index contributed by atoms with van der Waals surface area (Å²) in [6.45, 7) is 3.83. The number of carbonyl (C=O) groups is 1. The molecular weight excluding hydrogens is 232 g/mol. The van der Waals surface area contributed by atoms with Crippen LogP contribution in [0.15, 0.2) is 6.07 Å². The maximum atomic E-state index is 10.9. The van der Waals surface area contributed by atoms with Gasteiger partial charge in [0.05, 0.1) is 13.5 Å². The van der Waals surface area contributed by atoms with Crippen LogP contribution in [-0.4, -0.2) is 23.3 Å². The predicted molar refractivity (Wildman–Crippen MR) is 67.3 cm³/mol. The molecule has 2 N–H and O–H groups in total. The summed E-state index contributed by atoms with van der Waals surface area (Å²) in [6, 6.07) is 1.89. The van der Waals surface area contributed by atoms with Gasteiger partial charge in [0, 0.05) is 11.0 Å². The summed E-state index contributed by atoms with van der Waals surface area (Å²) in [7, 11) is 1.52. The number of aromatic hydroxyl groups is 1. The van der Waals surface area contributed by atoms with Crippen LogP contribution < -0.4 is 4.74 Å². The van der Waals surface area contributed by atoms with Gasteiger partial charge in [0.25, 0.3) is 0 Å². The Morgan fingerprint density at radius 1 is 1.44 bits per heavy atom. The largest absolute Gasteiger partial charge is 0.504 e. The Kier molecular flexibility index (Phi) is 2.97. The predicted octanol–water partition coefficient (Wildman–Crippen LogP) is 2.52. The molecule has 0 unspecified atom stereocenters. The minimum absolute atomic E-state index is 0.0617. The van der Waals surface area contributed by atoms with Crippen molar-refractivity contribution in [3.8, 4) is 11.5 Å². The lowest BCUT2D eigenvalue weighted by atomic mass is 9.88. The maximum absolute atomic E-state index is 10.9. The van der Waals surface area contributed by atoms with Gasteiger partial charge in [-0.25, -0.2) is 0 Å². The van der Waals surface area contributed by atoms with Gasteiger partial charge < -0.3 is 14.9 Å². The summed E-state index contributed by atoms with van der Waals surface area (Å²) in [5, 5.41) is 19.2. The standard InChI is InChI=1S/C14H18O4/c1-8-6-10(12(17)13(18-3)9(8)2)14(4-5-14)7-11(15)16/h6,17H,4-5,7H2,1-3H3,(H,15,16). The minimum Gasteiger partial charge on any atom is -0.504 e. The Hall–Kier alpha value is -1.71. The highest BCUT2D eigenvalue weighted by molar-refractivity contribution is 5.71. The van der Waals surface area contributed by atoms with E-state index in [0.717, 1.165) is 24.0 Å². The molecule has 1 aliphatic rings. The molecule has 0 heterocycles. The van der Waals surface area contributed by atoms with Crippen LogP contribution in [0.4, 0.5) is 0 Å². The first-order valence-corrected chi connectivity index (χ1v) is 6.01. The number of phenolic OH excluding ortho intramolecular Hbond substituents is 1. The van der Waals surface area contributed by atoms with Crippen LogP contribution in [0.25, 0.3) is 0 Å². The van der Waals surface area contributed by atoms with Crippen molar-refractivity contribution < 1.29 is 19.7 Å². The molecule has 0 radical (unpaired) electrons. The SMILES string of the molecule is COc1c(C)c(C)cc(C2(CC(=O)O)CC2)c1O. The van der Waals surface area contributed by atoms with Crippen molar-refractivity contribution >= 4 is 5.97 Å².